The molecule has 0 saturated carbocycles. The van der Waals surface area contributed by atoms with Crippen LogP contribution in [0.25, 0.3) is 0 Å². The Labute approximate surface area is 93.3 Å². The van der Waals surface area contributed by atoms with E-state index in [9.17, 15) is 0 Å². The van der Waals surface area contributed by atoms with Gasteiger partial charge in [0.1, 0.15) is 0 Å². The molecule has 0 amide bonds. The van der Waals surface area contributed by atoms with E-state index in [4.69, 9.17) is 5.26 Å². The molecule has 0 spiro atoms. The molecule has 1 rings (SSSR count). The van der Waals surface area contributed by atoms with Gasteiger partial charge in [0.05, 0.1) is 11.5 Å². The maximum Gasteiger partial charge on any atom is 0.0766 e. The van der Waals surface area contributed by atoms with Gasteiger partial charge in [0.2, 0.25) is 0 Å². The van der Waals surface area contributed by atoms with Crippen molar-refractivity contribution in [1.29, 1.82) is 5.26 Å². The summed E-state index contributed by atoms with van der Waals surface area (Å²) >= 11 is 3.35. The van der Waals surface area contributed by atoms with Crippen molar-refractivity contribution in [2.45, 2.75) is 19.3 Å². The molecule has 0 fully saturated rings. The van der Waals surface area contributed by atoms with E-state index in [-0.39, 0.29) is 17.8 Å². The van der Waals surface area contributed by atoms with Gasteiger partial charge in [-0.2, -0.15) is 5.26 Å². The van der Waals surface area contributed by atoms with Gasteiger partial charge in [-0.1, -0.05) is 28.1 Å². The van der Waals surface area contributed by atoms with E-state index in [0.29, 0.717) is 0 Å². The fourth-order valence-corrected chi connectivity index (χ4v) is 1.20. The standard InChI is InChI=1S/C10H10BrN.ClH/c1-10(2,7-12)8-3-5-9(11)6-4-8;/h3-6H,1-2H3;1H. The normalized spacial score (nSPS) is 10.0. The lowest BCUT2D eigenvalue weighted by atomic mass is 9.87. The first-order valence-corrected chi connectivity index (χ1v) is 4.53. The molecule has 0 radical (unpaired) electrons. The van der Waals surface area contributed by atoms with Crippen LogP contribution in [0.2, 0.25) is 0 Å². The van der Waals surface area contributed by atoms with Crippen LogP contribution in [-0.2, 0) is 5.41 Å². The molecule has 0 aliphatic heterocycles. The van der Waals surface area contributed by atoms with Gasteiger partial charge < -0.3 is 0 Å². The van der Waals surface area contributed by atoms with Crippen LogP contribution in [0.3, 0.4) is 0 Å². The van der Waals surface area contributed by atoms with Gasteiger partial charge in [-0.15, -0.1) is 12.4 Å². The van der Waals surface area contributed by atoms with Crippen molar-refractivity contribution < 1.29 is 0 Å². The Morgan fingerprint density at radius 3 is 2.08 bits per heavy atom. The number of nitriles is 1. The first-order valence-electron chi connectivity index (χ1n) is 3.73. The summed E-state index contributed by atoms with van der Waals surface area (Å²) in [5.74, 6) is 0. The first-order chi connectivity index (χ1) is 5.56. The average molecular weight is 261 g/mol. The summed E-state index contributed by atoms with van der Waals surface area (Å²) in [5, 5.41) is 8.86. The molecule has 0 atom stereocenters. The molecule has 13 heavy (non-hydrogen) atoms. The lowest BCUT2D eigenvalue weighted by molar-refractivity contribution is 0.687. The fourth-order valence-electron chi connectivity index (χ4n) is 0.931. The van der Waals surface area contributed by atoms with E-state index in [2.05, 4.69) is 22.0 Å². The van der Waals surface area contributed by atoms with Gasteiger partial charge in [-0.3, -0.25) is 0 Å². The summed E-state index contributed by atoms with van der Waals surface area (Å²) in [6.07, 6.45) is 0. The van der Waals surface area contributed by atoms with Crippen molar-refractivity contribution in [3.8, 4) is 6.07 Å². The molecule has 0 bridgehead atoms. The van der Waals surface area contributed by atoms with Crippen molar-refractivity contribution in [3.05, 3.63) is 34.3 Å². The molecule has 0 aliphatic carbocycles. The third-order valence-electron chi connectivity index (χ3n) is 1.85. The molecule has 70 valence electrons. The lowest BCUT2D eigenvalue weighted by Crippen LogP contribution is -2.13. The van der Waals surface area contributed by atoms with Crippen LogP contribution in [0.5, 0.6) is 0 Å². The van der Waals surface area contributed by atoms with E-state index in [1.165, 1.54) is 0 Å². The second kappa shape index (κ2) is 4.64. The highest BCUT2D eigenvalue weighted by Crippen LogP contribution is 2.23. The van der Waals surface area contributed by atoms with Crippen molar-refractivity contribution in [3.63, 3.8) is 0 Å². The fraction of sp³-hybridized carbons (Fsp3) is 0.300. The third-order valence-corrected chi connectivity index (χ3v) is 2.37. The van der Waals surface area contributed by atoms with Crippen LogP contribution in [-0.4, -0.2) is 0 Å². The zero-order valence-corrected chi connectivity index (χ0v) is 9.95. The van der Waals surface area contributed by atoms with Crippen molar-refractivity contribution in [1.82, 2.24) is 0 Å². The summed E-state index contributed by atoms with van der Waals surface area (Å²) in [5.41, 5.74) is 0.661. The van der Waals surface area contributed by atoms with Gasteiger partial charge in [0.25, 0.3) is 0 Å². The molecular weight excluding hydrogens is 249 g/mol. The Bertz CT molecular complexity index is 311. The average Bonchev–Trinajstić information content (AvgIpc) is 2.05. The minimum atomic E-state index is -0.388. The summed E-state index contributed by atoms with van der Waals surface area (Å²) in [7, 11) is 0. The largest absolute Gasteiger partial charge is 0.197 e. The zero-order valence-electron chi connectivity index (χ0n) is 7.54. The van der Waals surface area contributed by atoms with E-state index in [1.807, 2.05) is 38.1 Å². The minimum absolute atomic E-state index is 0. The minimum Gasteiger partial charge on any atom is -0.197 e. The van der Waals surface area contributed by atoms with Gasteiger partial charge in [0, 0.05) is 4.47 Å². The quantitative estimate of drug-likeness (QED) is 0.756. The molecule has 0 aromatic heterocycles. The second-order valence-electron chi connectivity index (χ2n) is 3.24. The van der Waals surface area contributed by atoms with Gasteiger partial charge in [-0.05, 0) is 31.5 Å². The molecule has 1 aromatic carbocycles. The molecule has 3 heteroatoms. The second-order valence-corrected chi connectivity index (χ2v) is 4.16. The maximum atomic E-state index is 8.86. The van der Waals surface area contributed by atoms with Crippen LogP contribution in [0.15, 0.2) is 28.7 Å². The number of benzene rings is 1. The number of hydrogen-bond acceptors (Lipinski definition) is 1. The van der Waals surface area contributed by atoms with Crippen molar-refractivity contribution in [2.24, 2.45) is 0 Å². The number of rotatable bonds is 1. The summed E-state index contributed by atoms with van der Waals surface area (Å²) in [6, 6.07) is 10.1. The summed E-state index contributed by atoms with van der Waals surface area (Å²) in [4.78, 5) is 0. The van der Waals surface area contributed by atoms with E-state index >= 15 is 0 Å². The Balaban J connectivity index is 0.00000144. The summed E-state index contributed by atoms with van der Waals surface area (Å²) < 4.78 is 1.04. The molecule has 0 N–H and O–H groups in total. The molecule has 1 aromatic rings. The highest BCUT2D eigenvalue weighted by atomic mass is 79.9. The molecule has 1 nitrogen and oxygen atoms in total. The predicted octanol–water partition coefficient (Wildman–Crippen LogP) is 3.67. The maximum absolute atomic E-state index is 8.86. The van der Waals surface area contributed by atoms with Crippen molar-refractivity contribution in [2.75, 3.05) is 0 Å². The van der Waals surface area contributed by atoms with Crippen LogP contribution >= 0.6 is 28.3 Å². The Morgan fingerprint density at radius 1 is 1.23 bits per heavy atom. The van der Waals surface area contributed by atoms with Crippen molar-refractivity contribution >= 4 is 28.3 Å². The number of hydrogen-bond donors (Lipinski definition) is 0. The van der Waals surface area contributed by atoms with E-state index in [1.54, 1.807) is 0 Å². The van der Waals surface area contributed by atoms with E-state index in [0.717, 1.165) is 10.0 Å². The molecular formula is C10H11BrClN. The Kier molecular flexibility index (Phi) is 4.46. The third kappa shape index (κ3) is 3.02. The SMILES string of the molecule is CC(C)(C#N)c1ccc(Br)cc1.Cl. The topological polar surface area (TPSA) is 23.8 Å². The zero-order chi connectivity index (χ0) is 9.19. The Hall–Kier alpha value is -0.520. The monoisotopic (exact) mass is 259 g/mol. The molecule has 0 aliphatic rings. The first kappa shape index (κ1) is 12.5. The number of nitrogens with zero attached hydrogens (tertiary/aromatic N) is 1. The van der Waals surface area contributed by atoms with Gasteiger partial charge >= 0.3 is 0 Å². The predicted molar refractivity (Wildman–Crippen MR) is 60.0 cm³/mol. The lowest BCUT2D eigenvalue weighted by Gasteiger charge is -2.15. The highest BCUT2D eigenvalue weighted by Gasteiger charge is 2.18. The van der Waals surface area contributed by atoms with Crippen LogP contribution in [0, 0.1) is 11.3 Å². The number of halogens is 2. The summed E-state index contributed by atoms with van der Waals surface area (Å²) in [6.45, 7) is 3.83. The van der Waals surface area contributed by atoms with Gasteiger partial charge in [-0.25, -0.2) is 0 Å². The van der Waals surface area contributed by atoms with E-state index < -0.39 is 0 Å². The smallest absolute Gasteiger partial charge is 0.0766 e. The van der Waals surface area contributed by atoms with Gasteiger partial charge in [0.15, 0.2) is 0 Å². The molecule has 0 heterocycles. The van der Waals surface area contributed by atoms with Crippen LogP contribution < -0.4 is 0 Å². The van der Waals surface area contributed by atoms with Crippen LogP contribution in [0.4, 0.5) is 0 Å². The molecule has 0 saturated heterocycles. The highest BCUT2D eigenvalue weighted by molar-refractivity contribution is 9.10. The molecule has 0 unspecified atom stereocenters. The van der Waals surface area contributed by atoms with Crippen LogP contribution in [0.1, 0.15) is 19.4 Å². The Morgan fingerprint density at radius 2 is 1.69 bits per heavy atom.